The Morgan fingerprint density at radius 1 is 1.00 bits per heavy atom. The van der Waals surface area contributed by atoms with E-state index < -0.39 is 16.6 Å². The van der Waals surface area contributed by atoms with Gasteiger partial charge in [0.05, 0.1) is 4.92 Å². The van der Waals surface area contributed by atoms with E-state index in [-0.39, 0.29) is 5.69 Å². The smallest absolute Gasteiger partial charge is 0.269 e. The Bertz CT molecular complexity index is 729. The standard InChI is InChI=1S/C17H17F2N3O2/c18-16-3-1-2-13(17(16)19)12-20-8-10-21(11-9-20)14-4-6-15(7-5-14)22(23)24/h1-7H,8-12H2. The molecule has 0 radical (unpaired) electrons. The van der Waals surface area contributed by atoms with Gasteiger partial charge in [0.25, 0.3) is 5.69 Å². The van der Waals surface area contributed by atoms with Gasteiger partial charge in [-0.1, -0.05) is 12.1 Å². The van der Waals surface area contributed by atoms with Gasteiger partial charge in [-0.2, -0.15) is 0 Å². The van der Waals surface area contributed by atoms with Crippen molar-refractivity contribution in [2.45, 2.75) is 6.54 Å². The molecule has 7 heteroatoms. The Kier molecular flexibility index (Phi) is 4.71. The van der Waals surface area contributed by atoms with Crippen molar-refractivity contribution in [1.82, 2.24) is 4.90 Å². The van der Waals surface area contributed by atoms with Gasteiger partial charge in [0.1, 0.15) is 0 Å². The lowest BCUT2D eigenvalue weighted by Crippen LogP contribution is -2.46. The van der Waals surface area contributed by atoms with E-state index in [2.05, 4.69) is 9.80 Å². The molecular formula is C17H17F2N3O2. The van der Waals surface area contributed by atoms with Crippen LogP contribution in [-0.4, -0.2) is 36.0 Å². The fourth-order valence-corrected chi connectivity index (χ4v) is 2.86. The van der Waals surface area contributed by atoms with Crippen LogP contribution in [0, 0.1) is 21.7 Å². The van der Waals surface area contributed by atoms with E-state index in [1.54, 1.807) is 18.2 Å². The molecule has 0 bridgehead atoms. The third-order valence-electron chi connectivity index (χ3n) is 4.22. The van der Waals surface area contributed by atoms with Crippen LogP contribution in [-0.2, 0) is 6.54 Å². The van der Waals surface area contributed by atoms with Crippen LogP contribution in [0.25, 0.3) is 0 Å². The Labute approximate surface area is 138 Å². The Balaban J connectivity index is 1.59. The molecule has 0 amide bonds. The number of halogens is 2. The molecule has 0 aliphatic carbocycles. The second-order valence-electron chi connectivity index (χ2n) is 5.75. The molecule has 0 saturated carbocycles. The largest absolute Gasteiger partial charge is 0.369 e. The second-order valence-corrected chi connectivity index (χ2v) is 5.75. The van der Waals surface area contributed by atoms with Crippen molar-refractivity contribution < 1.29 is 13.7 Å². The van der Waals surface area contributed by atoms with Crippen molar-refractivity contribution in [2.24, 2.45) is 0 Å². The molecule has 0 unspecified atom stereocenters. The summed E-state index contributed by atoms with van der Waals surface area (Å²) in [6, 6.07) is 10.7. The molecular weight excluding hydrogens is 316 g/mol. The summed E-state index contributed by atoms with van der Waals surface area (Å²) in [6.45, 7) is 3.26. The predicted octanol–water partition coefficient (Wildman–Crippen LogP) is 3.20. The van der Waals surface area contributed by atoms with Crippen molar-refractivity contribution in [2.75, 3.05) is 31.1 Å². The van der Waals surface area contributed by atoms with Gasteiger partial charge >= 0.3 is 0 Å². The first kappa shape index (κ1) is 16.3. The first-order chi connectivity index (χ1) is 11.5. The number of nitro benzene ring substituents is 1. The summed E-state index contributed by atoms with van der Waals surface area (Å²) >= 11 is 0. The molecule has 2 aromatic rings. The fraction of sp³-hybridized carbons (Fsp3) is 0.294. The number of nitrogens with zero attached hydrogens (tertiary/aromatic N) is 3. The maximum Gasteiger partial charge on any atom is 0.269 e. The molecule has 0 N–H and O–H groups in total. The summed E-state index contributed by atoms with van der Waals surface area (Å²) in [4.78, 5) is 14.5. The van der Waals surface area contributed by atoms with Crippen molar-refractivity contribution in [3.05, 3.63) is 69.8 Å². The van der Waals surface area contributed by atoms with E-state index >= 15 is 0 Å². The van der Waals surface area contributed by atoms with Gasteiger partial charge in [-0.15, -0.1) is 0 Å². The van der Waals surface area contributed by atoms with E-state index in [0.29, 0.717) is 25.2 Å². The van der Waals surface area contributed by atoms with Crippen LogP contribution in [0.1, 0.15) is 5.56 Å². The van der Waals surface area contributed by atoms with Crippen LogP contribution in [0.3, 0.4) is 0 Å². The predicted molar refractivity (Wildman–Crippen MR) is 86.9 cm³/mol. The van der Waals surface area contributed by atoms with E-state index in [1.807, 2.05) is 0 Å². The average molecular weight is 333 g/mol. The van der Waals surface area contributed by atoms with Gasteiger partial charge in [0.2, 0.25) is 0 Å². The molecule has 0 aromatic heterocycles. The van der Waals surface area contributed by atoms with Gasteiger partial charge in [-0.05, 0) is 18.2 Å². The Hall–Kier alpha value is -2.54. The quantitative estimate of drug-likeness (QED) is 0.637. The SMILES string of the molecule is O=[N+]([O-])c1ccc(N2CCN(Cc3cccc(F)c3F)CC2)cc1. The molecule has 1 saturated heterocycles. The summed E-state index contributed by atoms with van der Waals surface area (Å²) in [5.41, 5.74) is 1.36. The lowest BCUT2D eigenvalue weighted by molar-refractivity contribution is -0.384. The minimum absolute atomic E-state index is 0.0685. The zero-order valence-electron chi connectivity index (χ0n) is 13.0. The molecule has 24 heavy (non-hydrogen) atoms. The fourth-order valence-electron chi connectivity index (χ4n) is 2.86. The second kappa shape index (κ2) is 6.92. The van der Waals surface area contributed by atoms with Gasteiger partial charge in [0.15, 0.2) is 11.6 Å². The number of anilines is 1. The summed E-state index contributed by atoms with van der Waals surface area (Å²) < 4.78 is 27.0. The van der Waals surface area contributed by atoms with Gasteiger partial charge < -0.3 is 4.90 Å². The first-order valence-corrected chi connectivity index (χ1v) is 7.69. The Morgan fingerprint density at radius 2 is 1.67 bits per heavy atom. The molecule has 0 spiro atoms. The van der Waals surface area contributed by atoms with Crippen molar-refractivity contribution in [3.63, 3.8) is 0 Å². The molecule has 5 nitrogen and oxygen atoms in total. The highest BCUT2D eigenvalue weighted by molar-refractivity contribution is 5.51. The van der Waals surface area contributed by atoms with Gasteiger partial charge in [0, 0.05) is 56.1 Å². The van der Waals surface area contributed by atoms with Crippen LogP contribution in [0.4, 0.5) is 20.2 Å². The number of non-ortho nitro benzene ring substituents is 1. The van der Waals surface area contributed by atoms with Crippen molar-refractivity contribution >= 4 is 11.4 Å². The van der Waals surface area contributed by atoms with Crippen molar-refractivity contribution in [3.8, 4) is 0 Å². The zero-order chi connectivity index (χ0) is 17.1. The molecule has 3 rings (SSSR count). The van der Waals surface area contributed by atoms with Crippen LogP contribution in [0.2, 0.25) is 0 Å². The molecule has 1 aliphatic rings. The highest BCUT2D eigenvalue weighted by atomic mass is 19.2. The summed E-state index contributed by atoms with van der Waals surface area (Å²) in [7, 11) is 0. The lowest BCUT2D eigenvalue weighted by Gasteiger charge is -2.36. The molecule has 1 aliphatic heterocycles. The summed E-state index contributed by atoms with van der Waals surface area (Å²) in [6.07, 6.45) is 0. The number of piperazine rings is 1. The number of hydrogen-bond acceptors (Lipinski definition) is 4. The third-order valence-corrected chi connectivity index (χ3v) is 4.22. The van der Waals surface area contributed by atoms with E-state index in [4.69, 9.17) is 0 Å². The number of nitro groups is 1. The van der Waals surface area contributed by atoms with Crippen LogP contribution in [0.15, 0.2) is 42.5 Å². The number of hydrogen-bond donors (Lipinski definition) is 0. The zero-order valence-corrected chi connectivity index (χ0v) is 13.0. The minimum Gasteiger partial charge on any atom is -0.369 e. The topological polar surface area (TPSA) is 49.6 Å². The maximum atomic E-state index is 13.7. The molecule has 1 heterocycles. The van der Waals surface area contributed by atoms with E-state index in [0.717, 1.165) is 24.8 Å². The van der Waals surface area contributed by atoms with Gasteiger partial charge in [-0.3, -0.25) is 15.0 Å². The lowest BCUT2D eigenvalue weighted by atomic mass is 10.1. The number of benzene rings is 2. The normalized spacial score (nSPS) is 15.5. The number of rotatable bonds is 4. The molecule has 2 aromatic carbocycles. The van der Waals surface area contributed by atoms with Crippen LogP contribution < -0.4 is 4.90 Å². The highest BCUT2D eigenvalue weighted by Gasteiger charge is 2.19. The van der Waals surface area contributed by atoms with Crippen molar-refractivity contribution in [1.29, 1.82) is 0 Å². The summed E-state index contributed by atoms with van der Waals surface area (Å²) in [5, 5.41) is 10.7. The first-order valence-electron chi connectivity index (χ1n) is 7.69. The average Bonchev–Trinajstić information content (AvgIpc) is 2.60. The molecule has 0 atom stereocenters. The highest BCUT2D eigenvalue weighted by Crippen LogP contribution is 2.21. The van der Waals surface area contributed by atoms with E-state index in [9.17, 15) is 18.9 Å². The van der Waals surface area contributed by atoms with E-state index in [1.165, 1.54) is 18.2 Å². The molecule has 1 fully saturated rings. The third kappa shape index (κ3) is 3.51. The summed E-state index contributed by atoms with van der Waals surface area (Å²) in [5.74, 6) is -1.60. The monoisotopic (exact) mass is 333 g/mol. The molecule has 126 valence electrons. The van der Waals surface area contributed by atoms with Crippen LogP contribution >= 0.6 is 0 Å². The van der Waals surface area contributed by atoms with Gasteiger partial charge in [-0.25, -0.2) is 8.78 Å². The maximum absolute atomic E-state index is 13.7. The van der Waals surface area contributed by atoms with Crippen LogP contribution in [0.5, 0.6) is 0 Å². The Morgan fingerprint density at radius 3 is 2.29 bits per heavy atom. The minimum atomic E-state index is -0.822.